The fourth-order valence-electron chi connectivity index (χ4n) is 3.93. The van der Waals surface area contributed by atoms with Crippen molar-refractivity contribution in [2.24, 2.45) is 0 Å². The molecule has 1 saturated heterocycles. The maximum absolute atomic E-state index is 12.6. The number of ether oxygens (including phenoxy) is 1. The summed E-state index contributed by atoms with van der Waals surface area (Å²) in [5, 5.41) is 5.69. The molecule has 1 heterocycles. The number of hydrogen-bond donors (Lipinski definition) is 2. The van der Waals surface area contributed by atoms with E-state index < -0.39 is 0 Å². The number of likely N-dealkylation sites (tertiary alicyclic amines) is 1. The van der Waals surface area contributed by atoms with Crippen molar-refractivity contribution in [2.75, 3.05) is 17.2 Å². The molecule has 2 N–H and O–H groups in total. The predicted octanol–water partition coefficient (Wildman–Crippen LogP) is 4.72. The Balaban J connectivity index is 1.56. The smallest absolute Gasteiger partial charge is 0.260 e. The maximum atomic E-state index is 12.6. The lowest BCUT2D eigenvalue weighted by molar-refractivity contribution is -0.139. The SMILES string of the molecule is CC(=O)Nc1ccc(NC(=O)c2ccc(OCC(=O)N3C(C)CCCC3C)cc2)c(Cl)c1. The highest BCUT2D eigenvalue weighted by Gasteiger charge is 2.29. The van der Waals surface area contributed by atoms with E-state index in [0.29, 0.717) is 27.7 Å². The number of carbonyl (C=O) groups excluding carboxylic acids is 3. The van der Waals surface area contributed by atoms with Crippen LogP contribution in [0, 0.1) is 0 Å². The minimum absolute atomic E-state index is 0.0242. The second-order valence-electron chi connectivity index (χ2n) is 8.07. The summed E-state index contributed by atoms with van der Waals surface area (Å²) < 4.78 is 5.66. The van der Waals surface area contributed by atoms with Crippen LogP contribution < -0.4 is 15.4 Å². The monoisotopic (exact) mass is 457 g/mol. The van der Waals surface area contributed by atoms with Crippen LogP contribution in [0.2, 0.25) is 5.02 Å². The fraction of sp³-hybridized carbons (Fsp3) is 0.375. The van der Waals surface area contributed by atoms with E-state index in [2.05, 4.69) is 24.5 Å². The first-order valence-electron chi connectivity index (χ1n) is 10.7. The fourth-order valence-corrected chi connectivity index (χ4v) is 4.15. The molecule has 2 unspecified atom stereocenters. The van der Waals surface area contributed by atoms with Crippen LogP contribution in [0.15, 0.2) is 42.5 Å². The zero-order valence-corrected chi connectivity index (χ0v) is 19.2. The van der Waals surface area contributed by atoms with Crippen molar-refractivity contribution in [3.63, 3.8) is 0 Å². The van der Waals surface area contributed by atoms with E-state index in [1.54, 1.807) is 42.5 Å². The number of halogens is 1. The Hall–Kier alpha value is -3.06. The molecule has 0 bridgehead atoms. The lowest BCUT2D eigenvalue weighted by Gasteiger charge is -2.38. The zero-order chi connectivity index (χ0) is 23.3. The molecule has 32 heavy (non-hydrogen) atoms. The van der Waals surface area contributed by atoms with Gasteiger partial charge in [-0.1, -0.05) is 11.6 Å². The third kappa shape index (κ3) is 6.01. The summed E-state index contributed by atoms with van der Waals surface area (Å²) in [6.07, 6.45) is 3.17. The molecule has 1 fully saturated rings. The Bertz CT molecular complexity index is 983. The first-order valence-corrected chi connectivity index (χ1v) is 11.0. The third-order valence-corrected chi connectivity index (χ3v) is 5.81. The van der Waals surface area contributed by atoms with E-state index in [1.807, 2.05) is 4.90 Å². The molecule has 0 spiro atoms. The van der Waals surface area contributed by atoms with Crippen LogP contribution in [0.1, 0.15) is 50.4 Å². The summed E-state index contributed by atoms with van der Waals surface area (Å²) >= 11 is 6.20. The first-order chi connectivity index (χ1) is 15.2. The van der Waals surface area contributed by atoms with Gasteiger partial charge in [-0.3, -0.25) is 14.4 Å². The summed E-state index contributed by atoms with van der Waals surface area (Å²) in [7, 11) is 0. The van der Waals surface area contributed by atoms with Gasteiger partial charge in [-0.25, -0.2) is 0 Å². The quantitative estimate of drug-likeness (QED) is 0.657. The number of anilines is 2. The van der Waals surface area contributed by atoms with Gasteiger partial charge in [-0.05, 0) is 75.6 Å². The highest BCUT2D eigenvalue weighted by Crippen LogP contribution is 2.26. The van der Waals surface area contributed by atoms with Crippen LogP contribution in [0.25, 0.3) is 0 Å². The van der Waals surface area contributed by atoms with Gasteiger partial charge in [0, 0.05) is 30.3 Å². The molecule has 3 rings (SSSR count). The molecule has 1 aliphatic rings. The van der Waals surface area contributed by atoms with Gasteiger partial charge in [0.05, 0.1) is 10.7 Å². The number of amides is 3. The van der Waals surface area contributed by atoms with Gasteiger partial charge in [0.1, 0.15) is 5.75 Å². The van der Waals surface area contributed by atoms with Gasteiger partial charge >= 0.3 is 0 Å². The van der Waals surface area contributed by atoms with E-state index in [4.69, 9.17) is 16.3 Å². The third-order valence-electron chi connectivity index (χ3n) is 5.50. The molecule has 2 aromatic rings. The molecule has 0 saturated carbocycles. The normalized spacial score (nSPS) is 18.1. The van der Waals surface area contributed by atoms with Crippen molar-refractivity contribution in [1.82, 2.24) is 4.90 Å². The molecule has 0 aliphatic carbocycles. The van der Waals surface area contributed by atoms with Gasteiger partial charge in [0.2, 0.25) is 5.91 Å². The number of hydrogen-bond acceptors (Lipinski definition) is 4. The Labute approximate surface area is 193 Å². The molecule has 8 heteroatoms. The summed E-state index contributed by atoms with van der Waals surface area (Å²) in [4.78, 5) is 38.2. The van der Waals surface area contributed by atoms with Crippen molar-refractivity contribution in [3.05, 3.63) is 53.1 Å². The van der Waals surface area contributed by atoms with Gasteiger partial charge < -0.3 is 20.3 Å². The molecule has 0 aromatic heterocycles. The van der Waals surface area contributed by atoms with Crippen LogP contribution in [-0.2, 0) is 9.59 Å². The van der Waals surface area contributed by atoms with Crippen molar-refractivity contribution in [3.8, 4) is 5.75 Å². The van der Waals surface area contributed by atoms with Crippen LogP contribution in [0.5, 0.6) is 5.75 Å². The van der Waals surface area contributed by atoms with Crippen LogP contribution in [0.4, 0.5) is 11.4 Å². The molecule has 7 nitrogen and oxygen atoms in total. The van der Waals surface area contributed by atoms with Crippen molar-refractivity contribution < 1.29 is 19.1 Å². The Morgan fingerprint density at radius 1 is 1.03 bits per heavy atom. The maximum Gasteiger partial charge on any atom is 0.260 e. The van der Waals surface area contributed by atoms with E-state index >= 15 is 0 Å². The van der Waals surface area contributed by atoms with Crippen LogP contribution >= 0.6 is 11.6 Å². The van der Waals surface area contributed by atoms with Gasteiger partial charge in [-0.2, -0.15) is 0 Å². The molecule has 3 amide bonds. The number of rotatable bonds is 6. The van der Waals surface area contributed by atoms with Crippen LogP contribution in [-0.4, -0.2) is 41.3 Å². The van der Waals surface area contributed by atoms with E-state index in [-0.39, 0.29) is 36.4 Å². The van der Waals surface area contributed by atoms with Crippen molar-refractivity contribution >= 4 is 40.7 Å². The first kappa shape index (κ1) is 23.6. The largest absolute Gasteiger partial charge is 0.484 e. The predicted molar refractivity (Wildman–Crippen MR) is 125 cm³/mol. The summed E-state index contributed by atoms with van der Waals surface area (Å²) in [6, 6.07) is 11.9. The Morgan fingerprint density at radius 2 is 1.69 bits per heavy atom. The highest BCUT2D eigenvalue weighted by molar-refractivity contribution is 6.34. The molecular weight excluding hydrogens is 430 g/mol. The Kier molecular flexibility index (Phi) is 7.75. The minimum Gasteiger partial charge on any atom is -0.484 e. The average molecular weight is 458 g/mol. The minimum atomic E-state index is -0.335. The summed E-state index contributed by atoms with van der Waals surface area (Å²) in [5.74, 6) is -0.0478. The zero-order valence-electron chi connectivity index (χ0n) is 18.5. The lowest BCUT2D eigenvalue weighted by Crippen LogP contribution is -2.49. The van der Waals surface area contributed by atoms with Gasteiger partial charge in [0.25, 0.3) is 11.8 Å². The number of piperidine rings is 1. The molecular formula is C24H28ClN3O4. The standard InChI is InChI=1S/C24H28ClN3O4/c1-15-5-4-6-16(2)28(15)23(30)14-32-20-10-7-18(8-11-20)24(31)27-22-12-9-19(13-21(22)25)26-17(3)29/h7-13,15-16H,4-6,14H2,1-3H3,(H,26,29)(H,27,31). The topological polar surface area (TPSA) is 87.7 Å². The second-order valence-corrected chi connectivity index (χ2v) is 8.48. The summed E-state index contributed by atoms with van der Waals surface area (Å²) in [6.45, 7) is 5.51. The van der Waals surface area contributed by atoms with E-state index in [9.17, 15) is 14.4 Å². The molecule has 1 aliphatic heterocycles. The van der Waals surface area contributed by atoms with E-state index in [0.717, 1.165) is 19.3 Å². The van der Waals surface area contributed by atoms with E-state index in [1.165, 1.54) is 6.92 Å². The molecule has 0 radical (unpaired) electrons. The van der Waals surface area contributed by atoms with Gasteiger partial charge in [0.15, 0.2) is 6.61 Å². The van der Waals surface area contributed by atoms with Crippen LogP contribution in [0.3, 0.4) is 0 Å². The molecule has 2 aromatic carbocycles. The number of nitrogens with one attached hydrogen (secondary N) is 2. The van der Waals surface area contributed by atoms with Crippen molar-refractivity contribution in [2.45, 2.75) is 52.1 Å². The Morgan fingerprint density at radius 3 is 2.28 bits per heavy atom. The molecule has 2 atom stereocenters. The van der Waals surface area contributed by atoms with Gasteiger partial charge in [-0.15, -0.1) is 0 Å². The average Bonchev–Trinajstić information content (AvgIpc) is 2.74. The summed E-state index contributed by atoms with van der Waals surface area (Å²) in [5.41, 5.74) is 1.40. The number of benzene rings is 2. The highest BCUT2D eigenvalue weighted by atomic mass is 35.5. The molecule has 170 valence electrons. The number of nitrogens with zero attached hydrogens (tertiary/aromatic N) is 1. The van der Waals surface area contributed by atoms with Crippen molar-refractivity contribution in [1.29, 1.82) is 0 Å². The number of carbonyl (C=O) groups is 3. The lowest BCUT2D eigenvalue weighted by atomic mass is 9.97. The second kappa shape index (κ2) is 10.5.